The Balaban J connectivity index is 1.59. The SMILES string of the molecule is Cc1ccccc1-c1nnc(SCC(=O)NCc2ccccc2Cl)n1N. The number of amides is 1. The Morgan fingerprint density at radius 3 is 2.69 bits per heavy atom. The average molecular weight is 388 g/mol. The maximum Gasteiger partial charge on any atom is 0.230 e. The van der Waals surface area contributed by atoms with Crippen molar-refractivity contribution in [2.75, 3.05) is 11.6 Å². The number of nitrogens with two attached hydrogens (primary N) is 1. The lowest BCUT2D eigenvalue weighted by molar-refractivity contribution is -0.118. The van der Waals surface area contributed by atoms with E-state index in [2.05, 4.69) is 15.5 Å². The topological polar surface area (TPSA) is 85.8 Å². The number of nitrogens with zero attached hydrogens (tertiary/aromatic N) is 3. The first-order valence-corrected chi connectivity index (χ1v) is 9.32. The minimum Gasteiger partial charge on any atom is -0.351 e. The van der Waals surface area contributed by atoms with Gasteiger partial charge >= 0.3 is 0 Å². The fourth-order valence-corrected chi connectivity index (χ4v) is 3.29. The zero-order valence-corrected chi connectivity index (χ0v) is 15.7. The predicted molar refractivity (Wildman–Crippen MR) is 104 cm³/mol. The van der Waals surface area contributed by atoms with Gasteiger partial charge in [0.05, 0.1) is 5.75 Å². The quantitative estimate of drug-likeness (QED) is 0.501. The molecule has 0 saturated carbocycles. The lowest BCUT2D eigenvalue weighted by atomic mass is 10.1. The first-order valence-electron chi connectivity index (χ1n) is 7.95. The van der Waals surface area contributed by atoms with Crippen molar-refractivity contribution in [2.45, 2.75) is 18.6 Å². The predicted octanol–water partition coefficient (Wildman–Crippen LogP) is 3.03. The molecule has 1 heterocycles. The molecule has 3 rings (SSSR count). The van der Waals surface area contributed by atoms with Gasteiger partial charge in [0.15, 0.2) is 5.82 Å². The van der Waals surface area contributed by atoms with Crippen LogP contribution in [0.25, 0.3) is 11.4 Å². The van der Waals surface area contributed by atoms with Gasteiger partial charge in [-0.05, 0) is 24.1 Å². The molecule has 0 radical (unpaired) electrons. The number of rotatable bonds is 6. The third-order valence-electron chi connectivity index (χ3n) is 3.82. The molecular formula is C18H18ClN5OS. The Morgan fingerprint density at radius 2 is 1.92 bits per heavy atom. The van der Waals surface area contributed by atoms with Crippen LogP contribution in [0.5, 0.6) is 0 Å². The van der Waals surface area contributed by atoms with Crippen molar-refractivity contribution in [2.24, 2.45) is 0 Å². The summed E-state index contributed by atoms with van der Waals surface area (Å²) in [5.41, 5.74) is 2.84. The minimum absolute atomic E-state index is 0.129. The van der Waals surface area contributed by atoms with Gasteiger partial charge < -0.3 is 11.2 Å². The van der Waals surface area contributed by atoms with Crippen LogP contribution in [0, 0.1) is 6.92 Å². The van der Waals surface area contributed by atoms with Crippen molar-refractivity contribution in [3.8, 4) is 11.4 Å². The van der Waals surface area contributed by atoms with Gasteiger partial charge in [-0.1, -0.05) is 65.8 Å². The van der Waals surface area contributed by atoms with Crippen LogP contribution in [0.4, 0.5) is 0 Å². The monoisotopic (exact) mass is 387 g/mol. The minimum atomic E-state index is -0.129. The highest BCUT2D eigenvalue weighted by atomic mass is 35.5. The molecule has 0 aliphatic carbocycles. The number of aryl methyl sites for hydroxylation is 1. The van der Waals surface area contributed by atoms with Crippen LogP contribution in [-0.2, 0) is 11.3 Å². The van der Waals surface area contributed by atoms with Gasteiger partial charge in [-0.3, -0.25) is 4.79 Å². The third-order valence-corrected chi connectivity index (χ3v) is 5.13. The largest absolute Gasteiger partial charge is 0.351 e. The number of nitrogen functional groups attached to an aromatic ring is 1. The number of halogens is 1. The summed E-state index contributed by atoms with van der Waals surface area (Å²) in [4.78, 5) is 12.1. The number of carbonyl (C=O) groups excluding carboxylic acids is 1. The summed E-state index contributed by atoms with van der Waals surface area (Å²) < 4.78 is 1.41. The van der Waals surface area contributed by atoms with Gasteiger partial charge in [-0.25, -0.2) is 4.68 Å². The van der Waals surface area contributed by atoms with Crippen LogP contribution in [0.1, 0.15) is 11.1 Å². The maximum atomic E-state index is 12.1. The van der Waals surface area contributed by atoms with E-state index in [1.807, 2.05) is 49.4 Å². The molecule has 0 fully saturated rings. The molecule has 3 aromatic rings. The number of benzene rings is 2. The Bertz CT molecular complexity index is 927. The standard InChI is InChI=1S/C18H18ClN5OS/c1-12-6-2-4-8-14(12)17-22-23-18(24(17)20)26-11-16(25)21-10-13-7-3-5-9-15(13)19/h2-9H,10-11,20H2,1H3,(H,21,25). The molecule has 0 atom stereocenters. The Labute approximate surface area is 160 Å². The summed E-state index contributed by atoms with van der Waals surface area (Å²) in [5, 5.41) is 12.2. The van der Waals surface area contributed by atoms with Crippen molar-refractivity contribution in [3.05, 3.63) is 64.7 Å². The Kier molecular flexibility index (Phi) is 5.80. The fraction of sp³-hybridized carbons (Fsp3) is 0.167. The molecule has 1 amide bonds. The maximum absolute atomic E-state index is 12.1. The summed E-state index contributed by atoms with van der Waals surface area (Å²) >= 11 is 7.32. The smallest absolute Gasteiger partial charge is 0.230 e. The third kappa shape index (κ3) is 4.17. The van der Waals surface area contributed by atoms with Crippen molar-refractivity contribution >= 4 is 29.3 Å². The van der Waals surface area contributed by atoms with Crippen LogP contribution in [0.15, 0.2) is 53.7 Å². The van der Waals surface area contributed by atoms with Gasteiger partial charge in [-0.15, -0.1) is 10.2 Å². The second-order valence-electron chi connectivity index (χ2n) is 5.65. The molecule has 6 nitrogen and oxygen atoms in total. The van der Waals surface area contributed by atoms with Gasteiger partial charge in [0.2, 0.25) is 11.1 Å². The molecule has 0 unspecified atom stereocenters. The second kappa shape index (κ2) is 8.25. The highest BCUT2D eigenvalue weighted by molar-refractivity contribution is 7.99. The lowest BCUT2D eigenvalue weighted by Crippen LogP contribution is -2.25. The highest BCUT2D eigenvalue weighted by Gasteiger charge is 2.15. The van der Waals surface area contributed by atoms with E-state index in [1.54, 1.807) is 6.07 Å². The Morgan fingerprint density at radius 1 is 1.19 bits per heavy atom. The highest BCUT2D eigenvalue weighted by Crippen LogP contribution is 2.24. The molecule has 2 aromatic carbocycles. The van der Waals surface area contributed by atoms with Crippen LogP contribution in [0.2, 0.25) is 5.02 Å². The lowest BCUT2D eigenvalue weighted by Gasteiger charge is -2.07. The zero-order chi connectivity index (χ0) is 18.5. The molecule has 3 N–H and O–H groups in total. The first kappa shape index (κ1) is 18.3. The van der Waals surface area contributed by atoms with E-state index in [4.69, 9.17) is 17.4 Å². The van der Waals surface area contributed by atoms with E-state index in [0.717, 1.165) is 16.7 Å². The van der Waals surface area contributed by atoms with Gasteiger partial charge in [0.1, 0.15) is 0 Å². The molecule has 0 bridgehead atoms. The average Bonchev–Trinajstić information content (AvgIpc) is 3.00. The molecular weight excluding hydrogens is 370 g/mol. The number of hydrogen-bond donors (Lipinski definition) is 2. The van der Waals surface area contributed by atoms with Gasteiger partial charge in [-0.2, -0.15) is 0 Å². The van der Waals surface area contributed by atoms with Crippen LogP contribution >= 0.6 is 23.4 Å². The number of aromatic nitrogens is 3. The number of hydrogen-bond acceptors (Lipinski definition) is 5. The first-order chi connectivity index (χ1) is 12.6. The molecule has 134 valence electrons. The summed E-state index contributed by atoms with van der Waals surface area (Å²) in [7, 11) is 0. The van der Waals surface area contributed by atoms with E-state index in [0.29, 0.717) is 22.5 Å². The van der Waals surface area contributed by atoms with Crippen molar-refractivity contribution in [1.82, 2.24) is 20.2 Å². The van der Waals surface area contributed by atoms with Crippen LogP contribution in [0.3, 0.4) is 0 Å². The zero-order valence-electron chi connectivity index (χ0n) is 14.1. The summed E-state index contributed by atoms with van der Waals surface area (Å²) in [6, 6.07) is 15.2. The van der Waals surface area contributed by atoms with Crippen molar-refractivity contribution < 1.29 is 4.79 Å². The Hall–Kier alpha value is -2.51. The number of nitrogens with one attached hydrogen (secondary N) is 1. The normalized spacial score (nSPS) is 10.7. The van der Waals surface area contributed by atoms with Crippen molar-refractivity contribution in [3.63, 3.8) is 0 Å². The molecule has 0 spiro atoms. The van der Waals surface area contributed by atoms with Crippen molar-refractivity contribution in [1.29, 1.82) is 0 Å². The second-order valence-corrected chi connectivity index (χ2v) is 7.00. The molecule has 26 heavy (non-hydrogen) atoms. The van der Waals surface area contributed by atoms with Gasteiger partial charge in [0, 0.05) is 17.1 Å². The van der Waals surface area contributed by atoms with E-state index >= 15 is 0 Å². The molecule has 0 saturated heterocycles. The van der Waals surface area contributed by atoms with E-state index in [9.17, 15) is 4.79 Å². The molecule has 0 aliphatic rings. The van der Waals surface area contributed by atoms with Gasteiger partial charge in [0.25, 0.3) is 0 Å². The van der Waals surface area contributed by atoms with E-state index in [-0.39, 0.29) is 11.7 Å². The molecule has 0 aliphatic heterocycles. The van der Waals surface area contributed by atoms with E-state index in [1.165, 1.54) is 16.4 Å². The number of thioether (sulfide) groups is 1. The summed E-state index contributed by atoms with van der Waals surface area (Å²) in [5.74, 6) is 6.73. The summed E-state index contributed by atoms with van der Waals surface area (Å²) in [6.45, 7) is 2.36. The molecule has 1 aromatic heterocycles. The fourth-order valence-electron chi connectivity index (χ4n) is 2.40. The van der Waals surface area contributed by atoms with Crippen LogP contribution in [-0.4, -0.2) is 26.5 Å². The van der Waals surface area contributed by atoms with Crippen LogP contribution < -0.4 is 11.2 Å². The number of carbonyl (C=O) groups is 1. The summed E-state index contributed by atoms with van der Waals surface area (Å²) in [6.07, 6.45) is 0. The van der Waals surface area contributed by atoms with E-state index < -0.39 is 0 Å². The molecule has 8 heteroatoms.